The largest absolute Gasteiger partial charge is 0.481 e. The van der Waals surface area contributed by atoms with Gasteiger partial charge in [0.25, 0.3) is 0 Å². The molecule has 4 aromatic rings. The molecule has 1 saturated heterocycles. The maximum atomic E-state index is 13.7. The van der Waals surface area contributed by atoms with Crippen molar-refractivity contribution in [3.8, 4) is 0 Å². The first-order valence-corrected chi connectivity index (χ1v) is 11.8. The Hall–Kier alpha value is -3.90. The molecule has 2 N–H and O–H groups in total. The highest BCUT2D eigenvalue weighted by Crippen LogP contribution is 2.58. The average Bonchev–Trinajstić information content (AvgIpc) is 3.44. The molecule has 35 heavy (non-hydrogen) atoms. The summed E-state index contributed by atoms with van der Waals surface area (Å²) >= 11 is 0. The van der Waals surface area contributed by atoms with Gasteiger partial charge in [0.15, 0.2) is 0 Å². The minimum absolute atomic E-state index is 0.177. The first kappa shape index (κ1) is 21.6. The smallest absolute Gasteiger partial charge is 0.326 e. The van der Waals surface area contributed by atoms with E-state index in [1.807, 2.05) is 78.9 Å². The Morgan fingerprint density at radius 3 is 2.23 bits per heavy atom. The van der Waals surface area contributed by atoms with Gasteiger partial charge in [-0.1, -0.05) is 78.9 Å². The Morgan fingerprint density at radius 1 is 0.943 bits per heavy atom. The number of carboxylic acids is 1. The van der Waals surface area contributed by atoms with Crippen molar-refractivity contribution in [1.29, 1.82) is 0 Å². The molecule has 0 amide bonds. The van der Waals surface area contributed by atoms with Crippen LogP contribution in [-0.2, 0) is 20.7 Å². The number of H-pyrrole nitrogens is 1. The number of para-hydroxylation sites is 1. The molecular weight excluding hydrogens is 440 g/mol. The van der Waals surface area contributed by atoms with Crippen molar-refractivity contribution >= 4 is 22.8 Å². The summed E-state index contributed by atoms with van der Waals surface area (Å²) in [5.74, 6) is -2.06. The molecular formula is C29H26N2O4. The van der Waals surface area contributed by atoms with Gasteiger partial charge in [-0.2, -0.15) is 0 Å². The molecule has 0 unspecified atom stereocenters. The van der Waals surface area contributed by atoms with E-state index in [0.717, 1.165) is 33.3 Å². The lowest BCUT2D eigenvalue weighted by Crippen LogP contribution is -2.57. The summed E-state index contributed by atoms with van der Waals surface area (Å²) in [7, 11) is 1.39. The van der Waals surface area contributed by atoms with Gasteiger partial charge in [0.05, 0.1) is 25.1 Å². The fourth-order valence-electron chi connectivity index (χ4n) is 6.37. The highest BCUT2D eigenvalue weighted by Gasteiger charge is 2.64. The third-order valence-electron chi connectivity index (χ3n) is 7.74. The van der Waals surface area contributed by atoms with Gasteiger partial charge in [-0.15, -0.1) is 0 Å². The van der Waals surface area contributed by atoms with Gasteiger partial charge < -0.3 is 14.8 Å². The molecule has 176 valence electrons. The van der Waals surface area contributed by atoms with Crippen molar-refractivity contribution in [1.82, 2.24) is 9.88 Å². The summed E-state index contributed by atoms with van der Waals surface area (Å²) in [6.45, 7) is 0. The molecule has 3 heterocycles. The van der Waals surface area contributed by atoms with Crippen LogP contribution >= 0.6 is 0 Å². The van der Waals surface area contributed by atoms with E-state index in [-0.39, 0.29) is 18.4 Å². The monoisotopic (exact) mass is 466 g/mol. The fourth-order valence-corrected chi connectivity index (χ4v) is 6.37. The van der Waals surface area contributed by atoms with E-state index in [9.17, 15) is 14.7 Å². The van der Waals surface area contributed by atoms with Crippen LogP contribution in [0.2, 0.25) is 0 Å². The van der Waals surface area contributed by atoms with Crippen LogP contribution in [0.1, 0.15) is 40.9 Å². The molecule has 0 radical (unpaired) electrons. The van der Waals surface area contributed by atoms with Crippen LogP contribution in [0.15, 0.2) is 84.9 Å². The van der Waals surface area contributed by atoms with E-state index in [1.165, 1.54) is 7.11 Å². The number of aromatic nitrogens is 1. The van der Waals surface area contributed by atoms with E-state index in [1.54, 1.807) is 0 Å². The van der Waals surface area contributed by atoms with E-state index in [2.05, 4.69) is 16.0 Å². The molecule has 0 saturated carbocycles. The highest BCUT2D eigenvalue weighted by atomic mass is 16.5. The van der Waals surface area contributed by atoms with Crippen LogP contribution in [0.4, 0.5) is 0 Å². The molecule has 6 rings (SSSR count). The second-order valence-corrected chi connectivity index (χ2v) is 9.49. The van der Waals surface area contributed by atoms with E-state index < -0.39 is 23.5 Å². The molecule has 2 aliphatic rings. The SMILES string of the molecule is COC(=O)[C@]12Cc3c([nH]c4ccccc34)[C@@H](c3ccccc3)N1[C@H](c1ccccc1)[C@@H](C(=O)O)C2. The number of carbonyl (C=O) groups excluding carboxylic acids is 1. The Balaban J connectivity index is 1.68. The van der Waals surface area contributed by atoms with Crippen molar-refractivity contribution in [3.63, 3.8) is 0 Å². The number of nitrogens with one attached hydrogen (secondary N) is 1. The Kier molecular flexibility index (Phi) is 5.00. The van der Waals surface area contributed by atoms with Crippen LogP contribution in [0.25, 0.3) is 10.9 Å². The number of aromatic amines is 1. The van der Waals surface area contributed by atoms with Gasteiger partial charge in [-0.05, 0) is 29.2 Å². The first-order chi connectivity index (χ1) is 17.0. The standard InChI is InChI=1S/C29H26N2O4/c1-35-28(34)29-16-21-20-14-8-9-15-23(20)30-24(21)26(19-12-6-3-7-13-19)31(29)25(22(17-29)27(32)33)18-10-4-2-5-11-18/h2-15,22,25-26,30H,16-17H2,1H3,(H,32,33)/t22-,25+,26+,29+/m0/s1. The minimum atomic E-state index is -1.11. The molecule has 0 bridgehead atoms. The van der Waals surface area contributed by atoms with Crippen molar-refractivity contribution in [2.45, 2.75) is 30.5 Å². The normalized spacial score (nSPS) is 25.7. The van der Waals surface area contributed by atoms with Gasteiger partial charge in [0, 0.05) is 23.0 Å². The van der Waals surface area contributed by atoms with Gasteiger partial charge in [-0.25, -0.2) is 0 Å². The maximum Gasteiger partial charge on any atom is 0.326 e. The minimum Gasteiger partial charge on any atom is -0.481 e. The number of fused-ring (bicyclic) bond motifs is 4. The molecule has 1 fully saturated rings. The molecule has 6 nitrogen and oxygen atoms in total. The average molecular weight is 467 g/mol. The molecule has 2 aliphatic heterocycles. The second-order valence-electron chi connectivity index (χ2n) is 9.49. The summed E-state index contributed by atoms with van der Waals surface area (Å²) < 4.78 is 5.41. The molecule has 3 aromatic carbocycles. The zero-order valence-corrected chi connectivity index (χ0v) is 19.3. The number of carbonyl (C=O) groups is 2. The third-order valence-corrected chi connectivity index (χ3v) is 7.74. The summed E-state index contributed by atoms with van der Waals surface area (Å²) in [6, 6.07) is 26.9. The van der Waals surface area contributed by atoms with Crippen LogP contribution < -0.4 is 0 Å². The zero-order chi connectivity index (χ0) is 24.2. The zero-order valence-electron chi connectivity index (χ0n) is 19.3. The number of methoxy groups -OCH3 is 1. The van der Waals surface area contributed by atoms with Crippen LogP contribution in [-0.4, -0.2) is 39.6 Å². The lowest BCUT2D eigenvalue weighted by atomic mass is 9.79. The summed E-state index contributed by atoms with van der Waals surface area (Å²) in [4.78, 5) is 32.1. The quantitative estimate of drug-likeness (QED) is 0.419. The first-order valence-electron chi connectivity index (χ1n) is 11.8. The van der Waals surface area contributed by atoms with Crippen molar-refractivity contribution < 1.29 is 19.4 Å². The predicted molar refractivity (Wildman–Crippen MR) is 132 cm³/mol. The molecule has 0 aliphatic carbocycles. The van der Waals surface area contributed by atoms with Crippen LogP contribution in [0, 0.1) is 5.92 Å². The van der Waals surface area contributed by atoms with Gasteiger partial charge in [-0.3, -0.25) is 14.5 Å². The number of nitrogens with zero attached hydrogens (tertiary/aromatic N) is 1. The molecule has 1 aromatic heterocycles. The lowest BCUT2D eigenvalue weighted by molar-refractivity contribution is -0.156. The Labute approximate surface area is 203 Å². The molecule has 0 spiro atoms. The van der Waals surface area contributed by atoms with Crippen molar-refractivity contribution in [2.24, 2.45) is 5.92 Å². The number of ether oxygens (including phenoxy) is 1. The predicted octanol–water partition coefficient (Wildman–Crippen LogP) is 4.87. The fraction of sp³-hybridized carbons (Fsp3) is 0.241. The Bertz CT molecular complexity index is 1410. The summed E-state index contributed by atoms with van der Waals surface area (Å²) in [6.07, 6.45) is 0.562. The number of aliphatic carboxylic acids is 1. The third kappa shape index (κ3) is 3.13. The number of carboxylic acid groups (broad SMARTS) is 1. The highest BCUT2D eigenvalue weighted by molar-refractivity contribution is 5.90. The number of hydrogen-bond donors (Lipinski definition) is 2. The second kappa shape index (κ2) is 8.10. The number of esters is 1. The van der Waals surface area contributed by atoms with Crippen molar-refractivity contribution in [3.05, 3.63) is 107 Å². The topological polar surface area (TPSA) is 82.6 Å². The van der Waals surface area contributed by atoms with Gasteiger partial charge in [0.2, 0.25) is 0 Å². The van der Waals surface area contributed by atoms with E-state index in [0.29, 0.717) is 6.42 Å². The maximum absolute atomic E-state index is 13.7. The summed E-state index contributed by atoms with van der Waals surface area (Å²) in [5.41, 5.74) is 3.83. The van der Waals surface area contributed by atoms with E-state index >= 15 is 0 Å². The van der Waals surface area contributed by atoms with E-state index in [4.69, 9.17) is 4.74 Å². The number of rotatable bonds is 4. The molecule has 6 heteroatoms. The van der Waals surface area contributed by atoms with Crippen LogP contribution in [0.3, 0.4) is 0 Å². The molecule has 4 atom stereocenters. The number of hydrogen-bond acceptors (Lipinski definition) is 4. The lowest BCUT2D eigenvalue weighted by Gasteiger charge is -2.47. The Morgan fingerprint density at radius 2 is 1.57 bits per heavy atom. The number of benzene rings is 3. The van der Waals surface area contributed by atoms with Crippen LogP contribution in [0.5, 0.6) is 0 Å². The van der Waals surface area contributed by atoms with Gasteiger partial charge >= 0.3 is 11.9 Å². The van der Waals surface area contributed by atoms with Gasteiger partial charge in [0.1, 0.15) is 5.54 Å². The van der Waals surface area contributed by atoms with Crippen molar-refractivity contribution in [2.75, 3.05) is 7.11 Å². The summed E-state index contributed by atoms with van der Waals surface area (Å²) in [5, 5.41) is 11.4.